The summed E-state index contributed by atoms with van der Waals surface area (Å²) in [6.07, 6.45) is 1.38. The average molecular weight is 417 g/mol. The Kier molecular flexibility index (Phi) is 5.15. The van der Waals surface area contributed by atoms with Crippen LogP contribution in [0.3, 0.4) is 0 Å². The van der Waals surface area contributed by atoms with Crippen LogP contribution in [-0.2, 0) is 16.2 Å². The van der Waals surface area contributed by atoms with E-state index in [1.54, 1.807) is 18.2 Å². The van der Waals surface area contributed by atoms with Crippen LogP contribution in [0.5, 0.6) is 5.75 Å². The second-order valence-electron chi connectivity index (χ2n) is 6.71. The maximum Gasteiger partial charge on any atom is 0.328 e. The Balaban J connectivity index is 1.71. The van der Waals surface area contributed by atoms with E-state index in [2.05, 4.69) is 0 Å². The van der Waals surface area contributed by atoms with Crippen molar-refractivity contribution in [2.45, 2.75) is 6.61 Å². The number of ether oxygens (including phenoxy) is 1. The molecule has 0 radical (unpaired) electrons. The zero-order valence-corrected chi connectivity index (χ0v) is 16.0. The fourth-order valence-electron chi connectivity index (χ4n) is 3.18. The molecular formula is C22H15N3O6. The van der Waals surface area contributed by atoms with Crippen LogP contribution >= 0.6 is 0 Å². The maximum atomic E-state index is 12.2. The van der Waals surface area contributed by atoms with Crippen molar-refractivity contribution in [3.8, 4) is 5.75 Å². The van der Waals surface area contributed by atoms with E-state index >= 15 is 0 Å². The van der Waals surface area contributed by atoms with Gasteiger partial charge in [-0.3, -0.25) is 30.3 Å². The lowest BCUT2D eigenvalue weighted by molar-refractivity contribution is -0.384. The third kappa shape index (κ3) is 4.10. The molecule has 0 aliphatic carbocycles. The monoisotopic (exact) mass is 417 g/mol. The van der Waals surface area contributed by atoms with Gasteiger partial charge in [0.25, 0.3) is 17.5 Å². The van der Waals surface area contributed by atoms with Crippen LogP contribution in [0.25, 0.3) is 16.8 Å². The normalized spacial score (nSPS) is 13.5. The zero-order valence-electron chi connectivity index (χ0n) is 16.0. The first-order valence-corrected chi connectivity index (χ1v) is 9.18. The number of hydrogen-bond donors (Lipinski definition) is 2. The highest BCUT2D eigenvalue weighted by Gasteiger charge is 2.28. The summed E-state index contributed by atoms with van der Waals surface area (Å²) in [5, 5.41) is 16.5. The number of hydrogen-bond acceptors (Lipinski definition) is 6. The molecule has 1 aliphatic heterocycles. The number of fused-ring (bicyclic) bond motifs is 1. The van der Waals surface area contributed by atoms with Crippen molar-refractivity contribution in [3.05, 3.63) is 87.5 Å². The van der Waals surface area contributed by atoms with Crippen LogP contribution in [0, 0.1) is 10.1 Å². The van der Waals surface area contributed by atoms with Gasteiger partial charge in [-0.2, -0.15) is 0 Å². The number of amides is 4. The van der Waals surface area contributed by atoms with Crippen molar-refractivity contribution in [2.24, 2.45) is 0 Å². The summed E-state index contributed by atoms with van der Waals surface area (Å²) in [5.41, 5.74) is 0.950. The van der Waals surface area contributed by atoms with Crippen LogP contribution in [0.2, 0.25) is 0 Å². The molecule has 0 aromatic heterocycles. The first-order valence-electron chi connectivity index (χ1n) is 9.18. The number of urea groups is 1. The minimum absolute atomic E-state index is 0.0243. The van der Waals surface area contributed by atoms with Gasteiger partial charge in [0.2, 0.25) is 0 Å². The third-order valence-electron chi connectivity index (χ3n) is 4.70. The Morgan fingerprint density at radius 2 is 1.58 bits per heavy atom. The largest absolute Gasteiger partial charge is 0.488 e. The Labute approximate surface area is 175 Å². The van der Waals surface area contributed by atoms with Gasteiger partial charge in [-0.1, -0.05) is 30.3 Å². The summed E-state index contributed by atoms with van der Waals surface area (Å²) in [6.45, 7) is 0.114. The molecule has 0 spiro atoms. The van der Waals surface area contributed by atoms with Crippen LogP contribution in [0.15, 0.2) is 66.2 Å². The molecule has 154 valence electrons. The molecule has 0 saturated carbocycles. The van der Waals surface area contributed by atoms with Crippen LogP contribution in [0.1, 0.15) is 11.1 Å². The van der Waals surface area contributed by atoms with Gasteiger partial charge in [-0.15, -0.1) is 0 Å². The number of imide groups is 2. The number of non-ortho nitro benzene ring substituents is 1. The van der Waals surface area contributed by atoms with Crippen molar-refractivity contribution in [3.63, 3.8) is 0 Å². The number of nitrogens with zero attached hydrogens (tertiary/aromatic N) is 1. The van der Waals surface area contributed by atoms with Crippen molar-refractivity contribution in [1.82, 2.24) is 10.6 Å². The third-order valence-corrected chi connectivity index (χ3v) is 4.70. The van der Waals surface area contributed by atoms with Gasteiger partial charge in [0.05, 0.1) is 4.92 Å². The molecule has 3 aromatic rings. The van der Waals surface area contributed by atoms with Crippen molar-refractivity contribution < 1.29 is 24.0 Å². The smallest absolute Gasteiger partial charge is 0.328 e. The van der Waals surface area contributed by atoms with Gasteiger partial charge < -0.3 is 4.74 Å². The second kappa shape index (κ2) is 8.07. The van der Waals surface area contributed by atoms with E-state index in [0.717, 1.165) is 10.8 Å². The standard InChI is InChI=1S/C22H15N3O6/c26-20-18(21(27)24-22(28)23-20)11-17-16-4-2-1-3-14(16)7-10-19(17)31-12-13-5-8-15(9-6-13)25(29)30/h1-11H,12H2,(H2,23,24,26,27,28). The predicted octanol–water partition coefficient (Wildman–Crippen LogP) is 3.08. The van der Waals surface area contributed by atoms with Crippen LogP contribution in [-0.4, -0.2) is 22.8 Å². The van der Waals surface area contributed by atoms with Crippen LogP contribution < -0.4 is 15.4 Å². The maximum absolute atomic E-state index is 12.2. The lowest BCUT2D eigenvalue weighted by Gasteiger charge is -2.16. The highest BCUT2D eigenvalue weighted by atomic mass is 16.6. The SMILES string of the molecule is O=C1NC(=O)C(=Cc2c(OCc3ccc([N+](=O)[O-])cc3)ccc3ccccc23)C(=O)N1. The Hall–Kier alpha value is -4.53. The highest BCUT2D eigenvalue weighted by Crippen LogP contribution is 2.31. The van der Waals surface area contributed by atoms with Gasteiger partial charge in [-0.05, 0) is 40.6 Å². The molecular weight excluding hydrogens is 402 g/mol. The topological polar surface area (TPSA) is 128 Å². The average Bonchev–Trinajstić information content (AvgIpc) is 2.75. The summed E-state index contributed by atoms with van der Waals surface area (Å²) in [4.78, 5) is 46.0. The minimum atomic E-state index is -0.875. The molecule has 0 unspecified atom stereocenters. The lowest BCUT2D eigenvalue weighted by atomic mass is 10.00. The quantitative estimate of drug-likeness (QED) is 0.284. The van der Waals surface area contributed by atoms with Crippen molar-refractivity contribution in [1.29, 1.82) is 0 Å². The van der Waals surface area contributed by atoms with E-state index in [4.69, 9.17) is 4.74 Å². The zero-order chi connectivity index (χ0) is 22.0. The molecule has 1 saturated heterocycles. The van der Waals surface area contributed by atoms with E-state index < -0.39 is 22.8 Å². The van der Waals surface area contributed by atoms with E-state index in [0.29, 0.717) is 16.9 Å². The Bertz CT molecular complexity index is 1240. The van der Waals surface area contributed by atoms with Gasteiger partial charge >= 0.3 is 6.03 Å². The molecule has 1 aliphatic rings. The van der Waals surface area contributed by atoms with Gasteiger partial charge in [-0.25, -0.2) is 4.79 Å². The summed E-state index contributed by atoms with van der Waals surface area (Å²) in [5.74, 6) is -1.20. The molecule has 4 rings (SSSR count). The molecule has 1 heterocycles. The number of carbonyl (C=O) groups excluding carboxylic acids is 3. The molecule has 1 fully saturated rings. The summed E-state index contributed by atoms with van der Waals surface area (Å²) in [7, 11) is 0. The number of nitro groups is 1. The molecule has 3 aromatic carbocycles. The first kappa shape index (κ1) is 19.8. The number of nitro benzene ring substituents is 1. The number of barbiturate groups is 1. The summed E-state index contributed by atoms with van der Waals surface area (Å²) >= 11 is 0. The van der Waals surface area contributed by atoms with Crippen LogP contribution in [0.4, 0.5) is 10.5 Å². The van der Waals surface area contributed by atoms with Crippen molar-refractivity contribution in [2.75, 3.05) is 0 Å². The van der Waals surface area contributed by atoms with E-state index in [1.807, 2.05) is 41.0 Å². The molecule has 2 N–H and O–H groups in total. The van der Waals surface area contributed by atoms with E-state index in [1.165, 1.54) is 18.2 Å². The highest BCUT2D eigenvalue weighted by molar-refractivity contribution is 6.31. The van der Waals surface area contributed by atoms with E-state index in [9.17, 15) is 24.5 Å². The second-order valence-corrected chi connectivity index (χ2v) is 6.71. The minimum Gasteiger partial charge on any atom is -0.488 e. The fraction of sp³-hybridized carbons (Fsp3) is 0.0455. The molecule has 9 nitrogen and oxygen atoms in total. The molecule has 4 amide bonds. The molecule has 31 heavy (non-hydrogen) atoms. The van der Waals surface area contributed by atoms with E-state index in [-0.39, 0.29) is 17.9 Å². The molecule has 0 atom stereocenters. The Morgan fingerprint density at radius 1 is 0.903 bits per heavy atom. The summed E-state index contributed by atoms with van der Waals surface area (Å²) < 4.78 is 5.92. The first-order chi connectivity index (χ1) is 14.9. The predicted molar refractivity (Wildman–Crippen MR) is 111 cm³/mol. The number of rotatable bonds is 5. The number of benzene rings is 3. The lowest BCUT2D eigenvalue weighted by Crippen LogP contribution is -2.51. The van der Waals surface area contributed by atoms with Gasteiger partial charge in [0.1, 0.15) is 17.9 Å². The van der Waals surface area contributed by atoms with Crippen molar-refractivity contribution >= 4 is 40.4 Å². The number of nitrogens with one attached hydrogen (secondary N) is 2. The molecule has 9 heteroatoms. The fourth-order valence-corrected chi connectivity index (χ4v) is 3.18. The molecule has 0 bridgehead atoms. The summed E-state index contributed by atoms with van der Waals surface area (Å²) in [6, 6.07) is 16.0. The number of carbonyl (C=O) groups is 3. The van der Waals surface area contributed by atoms with Gasteiger partial charge in [0.15, 0.2) is 0 Å². The van der Waals surface area contributed by atoms with Gasteiger partial charge in [0, 0.05) is 17.7 Å². The Morgan fingerprint density at radius 3 is 2.26 bits per heavy atom.